The van der Waals surface area contributed by atoms with Crippen LogP contribution in [0, 0.1) is 0 Å². The second-order valence-corrected chi connectivity index (χ2v) is 4.13. The standard InChI is InChI=1S/C12H7F3N4O2/c13-12(14,15)11(20)18-9-5-19-4-7(1-2-10(19)17-9)8-3-16-6-21-8/h1-6H,(H,18,20). The minimum atomic E-state index is -4.96. The van der Waals surface area contributed by atoms with Gasteiger partial charge in [-0.25, -0.2) is 9.97 Å². The van der Waals surface area contributed by atoms with Gasteiger partial charge in [-0.05, 0) is 12.1 Å². The van der Waals surface area contributed by atoms with Gasteiger partial charge in [-0.2, -0.15) is 13.2 Å². The molecule has 21 heavy (non-hydrogen) atoms. The lowest BCUT2D eigenvalue weighted by Gasteiger charge is -2.04. The summed E-state index contributed by atoms with van der Waals surface area (Å²) in [5.41, 5.74) is 1.06. The quantitative estimate of drug-likeness (QED) is 0.788. The highest BCUT2D eigenvalue weighted by molar-refractivity contribution is 5.94. The second-order valence-electron chi connectivity index (χ2n) is 4.13. The number of hydrogen-bond acceptors (Lipinski definition) is 4. The Balaban J connectivity index is 1.92. The zero-order valence-electron chi connectivity index (χ0n) is 10.3. The van der Waals surface area contributed by atoms with Gasteiger partial charge in [0.15, 0.2) is 18.0 Å². The maximum atomic E-state index is 12.2. The van der Waals surface area contributed by atoms with E-state index in [-0.39, 0.29) is 5.82 Å². The minimum Gasteiger partial charge on any atom is -0.443 e. The highest BCUT2D eigenvalue weighted by Gasteiger charge is 2.39. The Morgan fingerprint density at radius 2 is 2.10 bits per heavy atom. The summed E-state index contributed by atoms with van der Waals surface area (Å²) in [6.45, 7) is 0. The van der Waals surface area contributed by atoms with Crippen LogP contribution < -0.4 is 5.32 Å². The molecule has 0 aliphatic heterocycles. The van der Waals surface area contributed by atoms with Crippen molar-refractivity contribution >= 4 is 17.4 Å². The van der Waals surface area contributed by atoms with Crippen LogP contribution in [0.2, 0.25) is 0 Å². The number of pyridine rings is 1. The molecule has 3 aromatic rings. The number of rotatable bonds is 2. The molecule has 1 N–H and O–H groups in total. The first kappa shape index (κ1) is 13.2. The normalized spacial score (nSPS) is 11.8. The smallest absolute Gasteiger partial charge is 0.443 e. The molecule has 0 aliphatic carbocycles. The summed E-state index contributed by atoms with van der Waals surface area (Å²) >= 11 is 0. The van der Waals surface area contributed by atoms with Crippen molar-refractivity contribution in [1.29, 1.82) is 0 Å². The number of fused-ring (bicyclic) bond motifs is 1. The van der Waals surface area contributed by atoms with E-state index in [1.165, 1.54) is 23.2 Å². The fraction of sp³-hybridized carbons (Fsp3) is 0.0833. The number of imidazole rings is 1. The summed E-state index contributed by atoms with van der Waals surface area (Å²) in [7, 11) is 0. The number of carbonyl (C=O) groups excluding carboxylic acids is 1. The van der Waals surface area contributed by atoms with Crippen molar-refractivity contribution in [3.63, 3.8) is 0 Å². The summed E-state index contributed by atoms with van der Waals surface area (Å²) in [5, 5.41) is 1.69. The van der Waals surface area contributed by atoms with Gasteiger partial charge in [0, 0.05) is 11.8 Å². The first-order valence-electron chi connectivity index (χ1n) is 5.69. The average molecular weight is 296 g/mol. The molecule has 3 aromatic heterocycles. The van der Waals surface area contributed by atoms with Gasteiger partial charge < -0.3 is 14.1 Å². The van der Waals surface area contributed by atoms with Crippen LogP contribution in [0.5, 0.6) is 0 Å². The molecule has 108 valence electrons. The van der Waals surface area contributed by atoms with E-state index < -0.39 is 12.1 Å². The van der Waals surface area contributed by atoms with Crippen molar-refractivity contribution in [2.45, 2.75) is 6.18 Å². The topological polar surface area (TPSA) is 72.4 Å². The number of hydrogen-bond donors (Lipinski definition) is 1. The lowest BCUT2D eigenvalue weighted by Crippen LogP contribution is -2.30. The molecule has 0 fully saturated rings. The third kappa shape index (κ3) is 2.57. The van der Waals surface area contributed by atoms with Crippen molar-refractivity contribution in [2.75, 3.05) is 5.32 Å². The minimum absolute atomic E-state index is 0.188. The third-order valence-electron chi connectivity index (χ3n) is 2.67. The van der Waals surface area contributed by atoms with Gasteiger partial charge in [0.25, 0.3) is 0 Å². The predicted molar refractivity (Wildman–Crippen MR) is 65.4 cm³/mol. The van der Waals surface area contributed by atoms with Gasteiger partial charge in [-0.15, -0.1) is 0 Å². The lowest BCUT2D eigenvalue weighted by molar-refractivity contribution is -0.167. The zero-order valence-corrected chi connectivity index (χ0v) is 10.3. The molecule has 0 atom stereocenters. The van der Waals surface area contributed by atoms with E-state index in [4.69, 9.17) is 4.42 Å². The van der Waals surface area contributed by atoms with Gasteiger partial charge in [-0.1, -0.05) is 0 Å². The van der Waals surface area contributed by atoms with Crippen LogP contribution in [-0.4, -0.2) is 26.5 Å². The summed E-state index contributed by atoms with van der Waals surface area (Å²) in [6, 6.07) is 3.26. The highest BCUT2D eigenvalue weighted by Crippen LogP contribution is 2.22. The molecule has 0 spiro atoms. The molecule has 0 radical (unpaired) electrons. The molecule has 3 rings (SSSR count). The van der Waals surface area contributed by atoms with E-state index in [2.05, 4.69) is 9.97 Å². The summed E-state index contributed by atoms with van der Waals surface area (Å²) in [4.78, 5) is 18.5. The maximum Gasteiger partial charge on any atom is 0.471 e. The summed E-state index contributed by atoms with van der Waals surface area (Å²) < 4.78 is 43.1. The van der Waals surface area contributed by atoms with E-state index >= 15 is 0 Å². The second kappa shape index (κ2) is 4.62. The average Bonchev–Trinajstić information content (AvgIpc) is 3.05. The van der Waals surface area contributed by atoms with Crippen LogP contribution in [0.3, 0.4) is 0 Å². The number of nitrogens with one attached hydrogen (secondary N) is 1. The van der Waals surface area contributed by atoms with E-state index in [1.807, 2.05) is 0 Å². The number of amides is 1. The zero-order chi connectivity index (χ0) is 15.0. The Kier molecular flexibility index (Phi) is 2.89. The van der Waals surface area contributed by atoms with Gasteiger partial charge in [0.2, 0.25) is 0 Å². The van der Waals surface area contributed by atoms with E-state index in [0.717, 1.165) is 0 Å². The summed E-state index contributed by atoms with van der Waals surface area (Å²) in [5.74, 6) is -1.75. The molecule has 0 aromatic carbocycles. The molecule has 1 amide bonds. The molecule has 6 nitrogen and oxygen atoms in total. The van der Waals surface area contributed by atoms with Crippen molar-refractivity contribution < 1.29 is 22.4 Å². The molecular formula is C12H7F3N4O2. The molecule has 0 saturated carbocycles. The van der Waals surface area contributed by atoms with Gasteiger partial charge in [0.1, 0.15) is 5.65 Å². The van der Waals surface area contributed by atoms with Crippen LogP contribution in [0.15, 0.2) is 41.5 Å². The molecule has 0 unspecified atom stereocenters. The number of nitrogens with zero attached hydrogens (tertiary/aromatic N) is 3. The van der Waals surface area contributed by atoms with Crippen molar-refractivity contribution in [3.8, 4) is 11.3 Å². The molecular weight excluding hydrogens is 289 g/mol. The SMILES string of the molecule is O=C(Nc1cn2cc(-c3cnco3)ccc2n1)C(F)(F)F. The first-order chi connectivity index (χ1) is 9.93. The van der Waals surface area contributed by atoms with Crippen LogP contribution >= 0.6 is 0 Å². The molecule has 9 heteroatoms. The van der Waals surface area contributed by atoms with Crippen LogP contribution in [0.4, 0.5) is 19.0 Å². The van der Waals surface area contributed by atoms with Crippen LogP contribution in [-0.2, 0) is 4.79 Å². The fourth-order valence-electron chi connectivity index (χ4n) is 1.74. The third-order valence-corrected chi connectivity index (χ3v) is 2.67. The molecule has 0 bridgehead atoms. The number of aromatic nitrogens is 3. The molecule has 0 saturated heterocycles. The summed E-state index contributed by atoms with van der Waals surface area (Å²) in [6.07, 6.45) is 0.693. The first-order valence-corrected chi connectivity index (χ1v) is 5.69. The van der Waals surface area contributed by atoms with E-state index in [9.17, 15) is 18.0 Å². The van der Waals surface area contributed by atoms with Gasteiger partial charge >= 0.3 is 12.1 Å². The highest BCUT2D eigenvalue weighted by atomic mass is 19.4. The maximum absolute atomic E-state index is 12.2. The molecule has 0 aliphatic rings. The van der Waals surface area contributed by atoms with Gasteiger partial charge in [-0.3, -0.25) is 4.79 Å². The predicted octanol–water partition coefficient (Wildman–Crippen LogP) is 2.49. The van der Waals surface area contributed by atoms with Crippen LogP contribution in [0.1, 0.15) is 0 Å². The Morgan fingerprint density at radius 3 is 2.76 bits per heavy atom. The van der Waals surface area contributed by atoms with Crippen molar-refractivity contribution in [3.05, 3.63) is 37.1 Å². The molecule has 3 heterocycles. The van der Waals surface area contributed by atoms with E-state index in [1.54, 1.807) is 23.6 Å². The fourth-order valence-corrected chi connectivity index (χ4v) is 1.74. The Morgan fingerprint density at radius 1 is 1.29 bits per heavy atom. The van der Waals surface area contributed by atoms with Crippen molar-refractivity contribution in [2.24, 2.45) is 0 Å². The van der Waals surface area contributed by atoms with Gasteiger partial charge in [0.05, 0.1) is 12.4 Å². The van der Waals surface area contributed by atoms with Crippen molar-refractivity contribution in [1.82, 2.24) is 14.4 Å². The Labute approximate surface area is 115 Å². The monoisotopic (exact) mass is 296 g/mol. The Hall–Kier alpha value is -2.84. The largest absolute Gasteiger partial charge is 0.471 e. The lowest BCUT2D eigenvalue weighted by atomic mass is 10.2. The number of oxazole rings is 1. The Bertz CT molecular complexity index is 793. The number of carbonyl (C=O) groups is 1. The number of anilines is 1. The van der Waals surface area contributed by atoms with E-state index in [0.29, 0.717) is 17.0 Å². The number of alkyl halides is 3. The number of halogens is 3. The van der Waals surface area contributed by atoms with Crippen LogP contribution in [0.25, 0.3) is 17.0 Å².